The number of aromatic nitrogens is 2. The molecule has 0 aliphatic rings. The van der Waals surface area contributed by atoms with Crippen molar-refractivity contribution in [3.8, 4) is 5.69 Å². The average molecular weight is 485 g/mol. The van der Waals surface area contributed by atoms with Crippen molar-refractivity contribution in [2.24, 2.45) is 0 Å². The van der Waals surface area contributed by atoms with Crippen LogP contribution in [0.25, 0.3) is 15.9 Å². The molecule has 4 aromatic rings. The number of ketones is 1. The Morgan fingerprint density at radius 2 is 1.86 bits per heavy atom. The van der Waals surface area contributed by atoms with E-state index < -0.39 is 0 Å². The predicted molar refractivity (Wildman–Crippen MR) is 124 cm³/mol. The number of benzene rings is 2. The van der Waals surface area contributed by atoms with Crippen LogP contribution < -0.4 is 5.56 Å². The molecule has 0 saturated heterocycles. The molecule has 0 bridgehead atoms. The van der Waals surface area contributed by atoms with E-state index in [1.807, 2.05) is 55.6 Å². The summed E-state index contributed by atoms with van der Waals surface area (Å²) in [5, 5.41) is 2.39. The number of thiophene rings is 1. The quantitative estimate of drug-likeness (QED) is 0.204. The Labute approximate surface area is 184 Å². The van der Waals surface area contributed by atoms with Crippen LogP contribution in [0.2, 0.25) is 0 Å². The zero-order chi connectivity index (χ0) is 20.5. The number of thioether (sulfide) groups is 1. The van der Waals surface area contributed by atoms with Crippen LogP contribution in [-0.4, -0.2) is 21.1 Å². The van der Waals surface area contributed by atoms with Gasteiger partial charge in [0, 0.05) is 10.0 Å². The van der Waals surface area contributed by atoms with Crippen molar-refractivity contribution in [3.05, 3.63) is 85.4 Å². The topological polar surface area (TPSA) is 52.0 Å². The third kappa shape index (κ3) is 4.08. The zero-order valence-electron chi connectivity index (χ0n) is 15.8. The third-order valence-electron chi connectivity index (χ3n) is 4.70. The first-order valence-corrected chi connectivity index (χ1v) is 11.6. The smallest absolute Gasteiger partial charge is 0.276 e. The minimum absolute atomic E-state index is 0.00574. The lowest BCUT2D eigenvalue weighted by atomic mass is 10.1. The molecule has 0 aliphatic heterocycles. The lowest BCUT2D eigenvalue weighted by Gasteiger charge is -2.13. The normalized spacial score (nSPS) is 11.1. The van der Waals surface area contributed by atoms with Crippen LogP contribution in [0.3, 0.4) is 0 Å². The summed E-state index contributed by atoms with van der Waals surface area (Å²) in [4.78, 5) is 30.5. The number of carbonyl (C=O) groups excluding carboxylic acids is 1. The van der Waals surface area contributed by atoms with Gasteiger partial charge in [-0.3, -0.25) is 14.2 Å². The minimum Gasteiger partial charge on any atom is -0.293 e. The number of hydrogen-bond donors (Lipinski definition) is 0. The Hall–Kier alpha value is -2.22. The SMILES string of the molecule is Cc1ccc(-n2c(SCC(=O)c3ccc(Br)cc3)nc3ccsc3c2=O)cc1C. The molecule has 0 spiro atoms. The molecule has 7 heteroatoms. The highest BCUT2D eigenvalue weighted by Crippen LogP contribution is 2.25. The van der Waals surface area contributed by atoms with Gasteiger partial charge in [-0.1, -0.05) is 45.9 Å². The molecule has 4 nitrogen and oxygen atoms in total. The van der Waals surface area contributed by atoms with E-state index in [2.05, 4.69) is 20.9 Å². The molecule has 0 N–H and O–H groups in total. The summed E-state index contributed by atoms with van der Waals surface area (Å²) in [6, 6.07) is 15.0. The van der Waals surface area contributed by atoms with E-state index >= 15 is 0 Å². The van der Waals surface area contributed by atoms with E-state index in [0.717, 1.165) is 21.3 Å². The first kappa shape index (κ1) is 20.1. The Balaban J connectivity index is 1.74. The van der Waals surface area contributed by atoms with Gasteiger partial charge < -0.3 is 0 Å². The van der Waals surface area contributed by atoms with Crippen LogP contribution in [-0.2, 0) is 0 Å². The van der Waals surface area contributed by atoms with Gasteiger partial charge in [0.25, 0.3) is 5.56 Å². The summed E-state index contributed by atoms with van der Waals surface area (Å²) in [6.45, 7) is 4.06. The first-order chi connectivity index (χ1) is 13.9. The van der Waals surface area contributed by atoms with Crippen molar-refractivity contribution in [1.29, 1.82) is 0 Å². The summed E-state index contributed by atoms with van der Waals surface area (Å²) in [6.07, 6.45) is 0. The lowest BCUT2D eigenvalue weighted by Crippen LogP contribution is -2.21. The maximum absolute atomic E-state index is 13.2. The first-order valence-electron chi connectivity index (χ1n) is 8.93. The highest BCUT2D eigenvalue weighted by molar-refractivity contribution is 9.10. The third-order valence-corrected chi connectivity index (χ3v) is 7.06. The van der Waals surface area contributed by atoms with Crippen LogP contribution in [0, 0.1) is 13.8 Å². The van der Waals surface area contributed by atoms with Gasteiger partial charge in [0.15, 0.2) is 10.9 Å². The number of halogens is 1. The van der Waals surface area contributed by atoms with Gasteiger partial charge >= 0.3 is 0 Å². The van der Waals surface area contributed by atoms with E-state index in [0.29, 0.717) is 20.9 Å². The summed E-state index contributed by atoms with van der Waals surface area (Å²) < 4.78 is 3.16. The number of nitrogens with zero attached hydrogens (tertiary/aromatic N) is 2. The average Bonchev–Trinajstić information content (AvgIpc) is 3.18. The maximum Gasteiger partial charge on any atom is 0.276 e. The van der Waals surface area contributed by atoms with Crippen LogP contribution in [0.15, 0.2) is 68.3 Å². The summed E-state index contributed by atoms with van der Waals surface area (Å²) >= 11 is 6.05. The van der Waals surface area contributed by atoms with E-state index in [1.165, 1.54) is 23.1 Å². The zero-order valence-corrected chi connectivity index (χ0v) is 19.0. The molecule has 0 unspecified atom stereocenters. The Morgan fingerprint density at radius 3 is 2.59 bits per heavy atom. The summed E-state index contributed by atoms with van der Waals surface area (Å²) in [5.41, 5.74) is 4.22. The minimum atomic E-state index is -0.105. The molecule has 0 aliphatic carbocycles. The standard InChI is InChI=1S/C22H17BrN2O2S2/c1-13-3-8-17(11-14(13)2)25-21(27)20-18(9-10-28-20)24-22(25)29-12-19(26)15-4-6-16(23)7-5-15/h3-11H,12H2,1-2H3. The van der Waals surface area contributed by atoms with E-state index in [4.69, 9.17) is 0 Å². The number of rotatable bonds is 5. The number of Topliss-reactive ketones (excluding diaryl/α,β-unsaturated/α-hetero) is 1. The Bertz CT molecular complexity index is 1280. The van der Waals surface area contributed by atoms with Gasteiger partial charge in [-0.25, -0.2) is 4.98 Å². The number of fused-ring (bicyclic) bond motifs is 1. The fourth-order valence-electron chi connectivity index (χ4n) is 2.93. The molecular formula is C22H17BrN2O2S2. The van der Waals surface area contributed by atoms with Crippen LogP contribution >= 0.6 is 39.0 Å². The van der Waals surface area contributed by atoms with Gasteiger partial charge in [0.2, 0.25) is 0 Å². The van der Waals surface area contributed by atoms with Crippen molar-refractivity contribution in [3.63, 3.8) is 0 Å². The highest BCUT2D eigenvalue weighted by atomic mass is 79.9. The molecule has 0 radical (unpaired) electrons. The monoisotopic (exact) mass is 484 g/mol. The van der Waals surface area contributed by atoms with Crippen molar-refractivity contribution in [2.45, 2.75) is 19.0 Å². The van der Waals surface area contributed by atoms with Crippen molar-refractivity contribution >= 4 is 55.0 Å². The van der Waals surface area contributed by atoms with Crippen molar-refractivity contribution in [2.75, 3.05) is 5.75 Å². The van der Waals surface area contributed by atoms with Crippen molar-refractivity contribution < 1.29 is 4.79 Å². The van der Waals surface area contributed by atoms with Gasteiger partial charge in [0.05, 0.1) is 17.0 Å². The van der Waals surface area contributed by atoms with E-state index in [1.54, 1.807) is 16.7 Å². The fourth-order valence-corrected chi connectivity index (χ4v) is 4.86. The van der Waals surface area contributed by atoms with E-state index in [-0.39, 0.29) is 17.1 Å². The summed E-state index contributed by atoms with van der Waals surface area (Å²) in [5.74, 6) is 0.197. The number of aryl methyl sites for hydroxylation is 2. The molecule has 4 rings (SSSR count). The second-order valence-electron chi connectivity index (χ2n) is 6.66. The highest BCUT2D eigenvalue weighted by Gasteiger charge is 2.16. The van der Waals surface area contributed by atoms with Gasteiger partial charge in [0.1, 0.15) is 4.70 Å². The maximum atomic E-state index is 13.2. The van der Waals surface area contributed by atoms with E-state index in [9.17, 15) is 9.59 Å². The number of hydrogen-bond acceptors (Lipinski definition) is 5. The van der Waals surface area contributed by atoms with Crippen LogP contribution in [0.5, 0.6) is 0 Å². The number of carbonyl (C=O) groups is 1. The molecule has 2 heterocycles. The molecule has 0 atom stereocenters. The molecule has 29 heavy (non-hydrogen) atoms. The largest absolute Gasteiger partial charge is 0.293 e. The predicted octanol–water partition coefficient (Wildman–Crippen LogP) is 5.80. The summed E-state index contributed by atoms with van der Waals surface area (Å²) in [7, 11) is 0. The van der Waals surface area contributed by atoms with Gasteiger partial charge in [-0.05, 0) is 60.7 Å². The Kier molecular flexibility index (Phi) is 5.72. The Morgan fingerprint density at radius 1 is 1.10 bits per heavy atom. The molecular weight excluding hydrogens is 468 g/mol. The van der Waals surface area contributed by atoms with Crippen LogP contribution in [0.1, 0.15) is 21.5 Å². The molecule has 2 aromatic carbocycles. The van der Waals surface area contributed by atoms with Crippen molar-refractivity contribution in [1.82, 2.24) is 9.55 Å². The second-order valence-corrected chi connectivity index (χ2v) is 9.43. The van der Waals surface area contributed by atoms with Gasteiger partial charge in [-0.2, -0.15) is 0 Å². The molecule has 2 aromatic heterocycles. The fraction of sp³-hybridized carbons (Fsp3) is 0.136. The molecule has 0 saturated carbocycles. The van der Waals surface area contributed by atoms with Gasteiger partial charge in [-0.15, -0.1) is 11.3 Å². The van der Waals surface area contributed by atoms with Crippen LogP contribution in [0.4, 0.5) is 0 Å². The molecule has 146 valence electrons. The lowest BCUT2D eigenvalue weighted by molar-refractivity contribution is 0.102. The molecule has 0 amide bonds. The molecule has 0 fully saturated rings. The second kappa shape index (κ2) is 8.26.